The van der Waals surface area contributed by atoms with Gasteiger partial charge in [0.2, 0.25) is 15.9 Å². The highest BCUT2D eigenvalue weighted by atomic mass is 35.5. The van der Waals surface area contributed by atoms with Crippen LogP contribution in [-0.2, 0) is 21.2 Å². The second-order valence-corrected chi connectivity index (χ2v) is 9.76. The zero-order chi connectivity index (χ0) is 20.9. The summed E-state index contributed by atoms with van der Waals surface area (Å²) < 4.78 is 27.9. The van der Waals surface area contributed by atoms with E-state index >= 15 is 0 Å². The lowest BCUT2D eigenvalue weighted by atomic mass is 9.96. The fourth-order valence-corrected chi connectivity index (χ4v) is 5.02. The van der Waals surface area contributed by atoms with E-state index in [9.17, 15) is 13.2 Å². The summed E-state index contributed by atoms with van der Waals surface area (Å²) in [4.78, 5) is 12.5. The molecule has 7 heteroatoms. The maximum absolute atomic E-state index is 12.6. The van der Waals surface area contributed by atoms with Crippen molar-refractivity contribution in [2.75, 3.05) is 5.32 Å². The van der Waals surface area contributed by atoms with Crippen molar-refractivity contribution in [1.82, 2.24) is 4.72 Å². The summed E-state index contributed by atoms with van der Waals surface area (Å²) in [7, 11) is -3.50. The van der Waals surface area contributed by atoms with Crippen LogP contribution in [0.2, 0.25) is 5.02 Å². The fourth-order valence-electron chi connectivity index (χ4n) is 3.54. The molecule has 0 heterocycles. The molecule has 2 aromatic rings. The first-order valence-corrected chi connectivity index (χ1v) is 11.9. The summed E-state index contributed by atoms with van der Waals surface area (Å²) in [6.07, 6.45) is 5.96. The Hall–Kier alpha value is -1.89. The third-order valence-corrected chi connectivity index (χ3v) is 7.05. The third kappa shape index (κ3) is 6.29. The highest BCUT2D eigenvalue weighted by molar-refractivity contribution is 7.89. The molecule has 1 fully saturated rings. The minimum atomic E-state index is -3.50. The molecule has 0 radical (unpaired) electrons. The van der Waals surface area contributed by atoms with Gasteiger partial charge in [-0.25, -0.2) is 13.1 Å². The molecule has 0 bridgehead atoms. The molecular weight excluding hydrogens is 408 g/mol. The van der Waals surface area contributed by atoms with Crippen LogP contribution >= 0.6 is 11.6 Å². The number of nitrogens with one attached hydrogen (secondary N) is 2. The van der Waals surface area contributed by atoms with Gasteiger partial charge in [0.15, 0.2) is 0 Å². The number of carbonyl (C=O) groups excluding carboxylic acids is 1. The Bertz CT molecular complexity index is 953. The van der Waals surface area contributed by atoms with Gasteiger partial charge in [-0.05, 0) is 61.6 Å². The van der Waals surface area contributed by atoms with Gasteiger partial charge in [-0.1, -0.05) is 49.1 Å². The van der Waals surface area contributed by atoms with Gasteiger partial charge in [0, 0.05) is 23.2 Å². The Morgan fingerprint density at radius 1 is 1.07 bits per heavy atom. The molecule has 1 saturated carbocycles. The monoisotopic (exact) mass is 434 g/mol. The fraction of sp³-hybridized carbons (Fsp3) is 0.409. The average molecular weight is 435 g/mol. The maximum atomic E-state index is 12.6. The molecule has 5 nitrogen and oxygen atoms in total. The molecule has 1 amide bonds. The molecule has 0 unspecified atom stereocenters. The standard InChI is InChI=1S/C22H27ClN2O3S/c1-16-7-11-18(23)15-21(16)24-22(26)14-10-17-8-12-20(13-9-17)29(27,28)25-19-5-3-2-4-6-19/h7-9,11-13,15,19,25H,2-6,10,14H2,1H3,(H,24,26). The predicted octanol–water partition coefficient (Wildman–Crippen LogP) is 4.83. The van der Waals surface area contributed by atoms with Crippen LogP contribution in [0.1, 0.15) is 49.7 Å². The Balaban J connectivity index is 1.54. The number of benzene rings is 2. The SMILES string of the molecule is Cc1ccc(Cl)cc1NC(=O)CCc1ccc(S(=O)(=O)NC2CCCCC2)cc1. The first-order chi connectivity index (χ1) is 13.8. The van der Waals surface area contributed by atoms with Crippen molar-refractivity contribution in [3.05, 3.63) is 58.6 Å². The van der Waals surface area contributed by atoms with E-state index in [4.69, 9.17) is 11.6 Å². The quantitative estimate of drug-likeness (QED) is 0.655. The highest BCUT2D eigenvalue weighted by Gasteiger charge is 2.21. The Labute approximate surface area is 177 Å². The largest absolute Gasteiger partial charge is 0.326 e. The molecule has 3 rings (SSSR count). The van der Waals surface area contributed by atoms with E-state index < -0.39 is 10.0 Å². The van der Waals surface area contributed by atoms with Gasteiger partial charge in [-0.15, -0.1) is 0 Å². The molecule has 156 valence electrons. The molecule has 0 aliphatic heterocycles. The lowest BCUT2D eigenvalue weighted by Gasteiger charge is -2.22. The molecule has 0 saturated heterocycles. The smallest absolute Gasteiger partial charge is 0.240 e. The van der Waals surface area contributed by atoms with Gasteiger partial charge in [-0.3, -0.25) is 4.79 Å². The van der Waals surface area contributed by atoms with Gasteiger partial charge >= 0.3 is 0 Å². The van der Waals surface area contributed by atoms with Crippen LogP contribution in [0.3, 0.4) is 0 Å². The van der Waals surface area contributed by atoms with Crippen molar-refractivity contribution in [1.29, 1.82) is 0 Å². The van der Waals surface area contributed by atoms with Gasteiger partial charge in [0.25, 0.3) is 0 Å². The highest BCUT2D eigenvalue weighted by Crippen LogP contribution is 2.22. The number of rotatable bonds is 7. The molecule has 0 spiro atoms. The van der Waals surface area contributed by atoms with E-state index in [0.29, 0.717) is 23.6 Å². The van der Waals surface area contributed by atoms with Gasteiger partial charge in [-0.2, -0.15) is 0 Å². The number of anilines is 1. The topological polar surface area (TPSA) is 75.3 Å². The summed E-state index contributed by atoms with van der Waals surface area (Å²) in [5, 5.41) is 3.45. The zero-order valence-corrected chi connectivity index (χ0v) is 18.2. The number of amides is 1. The minimum absolute atomic E-state index is 0.0343. The van der Waals surface area contributed by atoms with Crippen LogP contribution in [0, 0.1) is 6.92 Å². The number of halogens is 1. The van der Waals surface area contributed by atoms with Crippen LogP contribution < -0.4 is 10.0 Å². The summed E-state index contributed by atoms with van der Waals surface area (Å²) in [6, 6.07) is 12.2. The Kier molecular flexibility index (Phi) is 7.33. The van der Waals surface area contributed by atoms with Crippen molar-refractivity contribution in [2.45, 2.75) is 62.8 Å². The van der Waals surface area contributed by atoms with E-state index in [-0.39, 0.29) is 16.8 Å². The number of sulfonamides is 1. The summed E-state index contributed by atoms with van der Waals surface area (Å²) in [5.41, 5.74) is 2.57. The van der Waals surface area contributed by atoms with Crippen LogP contribution in [0.15, 0.2) is 47.4 Å². The number of hydrogen-bond donors (Lipinski definition) is 2. The van der Waals surface area contributed by atoms with E-state index in [0.717, 1.165) is 36.8 Å². The van der Waals surface area contributed by atoms with Crippen LogP contribution in [0.25, 0.3) is 0 Å². The minimum Gasteiger partial charge on any atom is -0.326 e. The first kappa shape index (κ1) is 21.8. The van der Waals surface area contributed by atoms with E-state index in [2.05, 4.69) is 10.0 Å². The molecule has 0 aromatic heterocycles. The average Bonchev–Trinajstić information content (AvgIpc) is 2.70. The second kappa shape index (κ2) is 9.74. The van der Waals surface area contributed by atoms with E-state index in [1.54, 1.807) is 36.4 Å². The molecule has 1 aliphatic rings. The molecule has 2 aromatic carbocycles. The lowest BCUT2D eigenvalue weighted by molar-refractivity contribution is -0.116. The van der Waals surface area contributed by atoms with Crippen LogP contribution in [0.4, 0.5) is 5.69 Å². The summed E-state index contributed by atoms with van der Waals surface area (Å²) in [5.74, 6) is -0.106. The summed E-state index contributed by atoms with van der Waals surface area (Å²) in [6.45, 7) is 1.91. The van der Waals surface area contributed by atoms with Crippen molar-refractivity contribution < 1.29 is 13.2 Å². The van der Waals surface area contributed by atoms with E-state index in [1.165, 1.54) is 6.42 Å². The first-order valence-electron chi connectivity index (χ1n) is 10.0. The van der Waals surface area contributed by atoms with Gasteiger partial charge < -0.3 is 5.32 Å². The Morgan fingerprint density at radius 3 is 2.45 bits per heavy atom. The van der Waals surface area contributed by atoms with Gasteiger partial charge in [0.1, 0.15) is 0 Å². The molecule has 29 heavy (non-hydrogen) atoms. The Morgan fingerprint density at radius 2 is 1.76 bits per heavy atom. The number of hydrogen-bond acceptors (Lipinski definition) is 3. The predicted molar refractivity (Wildman–Crippen MR) is 117 cm³/mol. The van der Waals surface area contributed by atoms with Crippen LogP contribution in [0.5, 0.6) is 0 Å². The van der Waals surface area contributed by atoms with Crippen molar-refractivity contribution in [3.63, 3.8) is 0 Å². The molecule has 0 atom stereocenters. The molecule has 2 N–H and O–H groups in total. The lowest BCUT2D eigenvalue weighted by Crippen LogP contribution is -2.36. The van der Waals surface area contributed by atoms with Crippen molar-refractivity contribution in [2.24, 2.45) is 0 Å². The van der Waals surface area contributed by atoms with Gasteiger partial charge in [0.05, 0.1) is 4.90 Å². The third-order valence-electron chi connectivity index (χ3n) is 5.28. The summed E-state index contributed by atoms with van der Waals surface area (Å²) >= 11 is 5.98. The van der Waals surface area contributed by atoms with Crippen molar-refractivity contribution in [3.8, 4) is 0 Å². The number of carbonyl (C=O) groups is 1. The molecular formula is C22H27ClN2O3S. The van der Waals surface area contributed by atoms with Crippen molar-refractivity contribution >= 4 is 33.2 Å². The molecule has 1 aliphatic carbocycles. The number of aryl methyl sites for hydroxylation is 2. The second-order valence-electron chi connectivity index (χ2n) is 7.61. The normalized spacial score (nSPS) is 15.2. The zero-order valence-electron chi connectivity index (χ0n) is 16.6. The maximum Gasteiger partial charge on any atom is 0.240 e. The van der Waals surface area contributed by atoms with Crippen LogP contribution in [-0.4, -0.2) is 20.4 Å². The van der Waals surface area contributed by atoms with E-state index in [1.807, 2.05) is 13.0 Å².